The Bertz CT molecular complexity index is 250. The number of carbonyl (C=O) groups excluding carboxylic acids is 1. The third-order valence-electron chi connectivity index (χ3n) is 2.97. The lowest BCUT2D eigenvalue weighted by molar-refractivity contribution is -0.143. The maximum Gasteiger partial charge on any atom is 0.316 e. The van der Waals surface area contributed by atoms with E-state index < -0.39 is 0 Å². The van der Waals surface area contributed by atoms with Gasteiger partial charge in [-0.15, -0.1) is 31.5 Å². The van der Waals surface area contributed by atoms with Crippen LogP contribution in [0.25, 0.3) is 0 Å². The van der Waals surface area contributed by atoms with E-state index in [1.807, 2.05) is 18.7 Å². The van der Waals surface area contributed by atoms with Crippen LogP contribution >= 0.6 is 31.5 Å². The normalized spacial score (nSPS) is 19.2. The van der Waals surface area contributed by atoms with Gasteiger partial charge in [0.2, 0.25) is 0 Å². The first-order chi connectivity index (χ1) is 8.04. The molecule has 2 unspecified atom stereocenters. The van der Waals surface area contributed by atoms with E-state index in [4.69, 9.17) is 4.74 Å². The quantitative estimate of drug-likeness (QED) is 0.451. The first-order valence-corrected chi connectivity index (χ1v) is 8.02. The Morgan fingerprint density at radius 2 is 2.24 bits per heavy atom. The molecule has 0 aromatic carbocycles. The molecule has 0 aromatic heterocycles. The SMILES string of the molecule is CCOC(C)C(=O)N1CCC(NB(P)I)CC1. The van der Waals surface area contributed by atoms with Gasteiger partial charge in [0.05, 0.1) is 0 Å². The van der Waals surface area contributed by atoms with E-state index >= 15 is 0 Å². The number of hydrogen-bond acceptors (Lipinski definition) is 3. The molecular formula is C10H21BIN2O2P. The molecule has 1 aliphatic heterocycles. The van der Waals surface area contributed by atoms with Crippen LogP contribution in [0.5, 0.6) is 0 Å². The number of piperidine rings is 1. The summed E-state index contributed by atoms with van der Waals surface area (Å²) >= 11 is 2.34. The lowest BCUT2D eigenvalue weighted by Crippen LogP contribution is -2.49. The molecule has 0 aliphatic carbocycles. The Labute approximate surface area is 120 Å². The Kier molecular flexibility index (Phi) is 7.30. The molecular weight excluding hydrogens is 349 g/mol. The summed E-state index contributed by atoms with van der Waals surface area (Å²) in [5.41, 5.74) is 0. The highest BCUT2D eigenvalue weighted by molar-refractivity contribution is 14.1. The number of nitrogens with zero attached hydrogens (tertiary/aromatic N) is 1. The third-order valence-corrected chi connectivity index (χ3v) is 3.52. The zero-order valence-corrected chi connectivity index (χ0v) is 13.8. The molecule has 0 saturated carbocycles. The summed E-state index contributed by atoms with van der Waals surface area (Å²) in [6.45, 7) is 6.01. The van der Waals surface area contributed by atoms with Crippen LogP contribution in [-0.2, 0) is 9.53 Å². The topological polar surface area (TPSA) is 41.6 Å². The highest BCUT2D eigenvalue weighted by Crippen LogP contribution is 2.14. The standard InChI is InChI=1S/C10H21BIN2O2P/c1-3-16-8(2)10(15)14-6-4-9(5-7-14)13-11(12)17/h8-9,13H,3-7,17H2,1-2H3. The molecule has 7 heteroatoms. The zero-order valence-electron chi connectivity index (χ0n) is 10.5. The highest BCUT2D eigenvalue weighted by atomic mass is 127. The fourth-order valence-corrected chi connectivity index (χ4v) is 2.85. The Balaban J connectivity index is 2.33. The van der Waals surface area contributed by atoms with Crippen LogP contribution in [0.3, 0.4) is 0 Å². The van der Waals surface area contributed by atoms with Crippen molar-refractivity contribution in [2.45, 2.75) is 38.8 Å². The van der Waals surface area contributed by atoms with Gasteiger partial charge in [-0.3, -0.25) is 4.79 Å². The Hall–Kier alpha value is 0.615. The summed E-state index contributed by atoms with van der Waals surface area (Å²) in [4.78, 5) is 13.9. The van der Waals surface area contributed by atoms with Gasteiger partial charge >= 0.3 is 4.42 Å². The summed E-state index contributed by atoms with van der Waals surface area (Å²) in [6.07, 6.45) is 1.75. The lowest BCUT2D eigenvalue weighted by atomic mass is 10.0. The van der Waals surface area contributed by atoms with E-state index in [2.05, 4.69) is 36.7 Å². The molecule has 2 atom stereocenters. The number of likely N-dealkylation sites (tertiary alicyclic amines) is 1. The molecule has 17 heavy (non-hydrogen) atoms. The number of amides is 1. The zero-order chi connectivity index (χ0) is 12.8. The first-order valence-electron chi connectivity index (χ1n) is 6.10. The number of rotatable bonds is 5. The van der Waals surface area contributed by atoms with Gasteiger partial charge in [0.1, 0.15) is 6.10 Å². The summed E-state index contributed by atoms with van der Waals surface area (Å²) in [5.74, 6) is 0.127. The second-order valence-corrected chi connectivity index (χ2v) is 7.63. The molecule has 0 radical (unpaired) electrons. The van der Waals surface area contributed by atoms with E-state index in [-0.39, 0.29) is 12.0 Å². The number of carbonyl (C=O) groups is 1. The molecule has 1 rings (SSSR count). The van der Waals surface area contributed by atoms with Gasteiger partial charge in [-0.25, -0.2) is 0 Å². The van der Waals surface area contributed by atoms with Crippen LogP contribution in [0.1, 0.15) is 26.7 Å². The van der Waals surface area contributed by atoms with Gasteiger partial charge in [0.25, 0.3) is 5.91 Å². The average molecular weight is 370 g/mol. The van der Waals surface area contributed by atoms with Crippen molar-refractivity contribution in [2.75, 3.05) is 19.7 Å². The summed E-state index contributed by atoms with van der Waals surface area (Å²) in [5, 5.41) is 3.48. The van der Waals surface area contributed by atoms with Gasteiger partial charge < -0.3 is 14.9 Å². The molecule has 0 spiro atoms. The lowest BCUT2D eigenvalue weighted by Gasteiger charge is -2.34. The van der Waals surface area contributed by atoms with Gasteiger partial charge in [0, 0.05) is 25.7 Å². The van der Waals surface area contributed by atoms with Crippen molar-refractivity contribution in [1.29, 1.82) is 0 Å². The largest absolute Gasteiger partial charge is 0.369 e. The smallest absolute Gasteiger partial charge is 0.316 e. The second-order valence-electron chi connectivity index (χ2n) is 4.27. The summed E-state index contributed by atoms with van der Waals surface area (Å²) < 4.78 is 5.74. The van der Waals surface area contributed by atoms with Crippen molar-refractivity contribution >= 4 is 41.8 Å². The minimum atomic E-state index is -0.302. The number of ether oxygens (including phenoxy) is 1. The minimum Gasteiger partial charge on any atom is -0.369 e. The number of hydrogen-bond donors (Lipinski definition) is 1. The number of nitrogens with one attached hydrogen (secondary N) is 1. The predicted molar refractivity (Wildman–Crippen MR) is 83.3 cm³/mol. The van der Waals surface area contributed by atoms with Crippen LogP contribution in [0.4, 0.5) is 0 Å². The Morgan fingerprint density at radius 3 is 2.71 bits per heavy atom. The van der Waals surface area contributed by atoms with Gasteiger partial charge in [-0.05, 0) is 26.7 Å². The van der Waals surface area contributed by atoms with E-state index in [9.17, 15) is 4.79 Å². The van der Waals surface area contributed by atoms with E-state index in [1.165, 1.54) is 0 Å². The van der Waals surface area contributed by atoms with Crippen molar-refractivity contribution in [3.8, 4) is 0 Å². The van der Waals surface area contributed by atoms with Gasteiger partial charge in [-0.2, -0.15) is 0 Å². The Morgan fingerprint density at radius 1 is 1.65 bits per heavy atom. The van der Waals surface area contributed by atoms with Gasteiger partial charge in [0.15, 0.2) is 0 Å². The molecule has 0 bridgehead atoms. The maximum absolute atomic E-state index is 12.0. The molecule has 0 aromatic rings. The molecule has 1 heterocycles. The average Bonchev–Trinajstić information content (AvgIpc) is 2.28. The van der Waals surface area contributed by atoms with Crippen molar-refractivity contribution < 1.29 is 9.53 Å². The first kappa shape index (κ1) is 15.7. The molecule has 1 aliphatic rings. The highest BCUT2D eigenvalue weighted by Gasteiger charge is 2.26. The summed E-state index contributed by atoms with van der Waals surface area (Å²) in [7, 11) is 2.74. The van der Waals surface area contributed by atoms with Crippen LogP contribution in [0.2, 0.25) is 0 Å². The minimum absolute atomic E-state index is 0.127. The maximum atomic E-state index is 12.0. The third kappa shape index (κ3) is 5.41. The predicted octanol–water partition coefficient (Wildman–Crippen LogP) is 1.29. The molecule has 98 valence electrons. The van der Waals surface area contributed by atoms with E-state index in [0.717, 1.165) is 25.9 Å². The van der Waals surface area contributed by atoms with E-state index in [1.54, 1.807) is 0 Å². The molecule has 1 saturated heterocycles. The van der Waals surface area contributed by atoms with Crippen LogP contribution in [0.15, 0.2) is 0 Å². The molecule has 1 fully saturated rings. The van der Waals surface area contributed by atoms with Gasteiger partial charge in [-0.1, -0.05) is 0 Å². The fourth-order valence-electron chi connectivity index (χ4n) is 2.07. The van der Waals surface area contributed by atoms with Crippen molar-refractivity contribution in [1.82, 2.24) is 10.1 Å². The van der Waals surface area contributed by atoms with Crippen LogP contribution in [-0.4, -0.2) is 47.1 Å². The van der Waals surface area contributed by atoms with Crippen LogP contribution in [0, 0.1) is 0 Å². The van der Waals surface area contributed by atoms with Crippen molar-refractivity contribution in [3.05, 3.63) is 0 Å². The fraction of sp³-hybridized carbons (Fsp3) is 0.900. The molecule has 1 amide bonds. The van der Waals surface area contributed by atoms with Crippen molar-refractivity contribution in [2.24, 2.45) is 0 Å². The van der Waals surface area contributed by atoms with Crippen LogP contribution < -0.4 is 5.23 Å². The second kappa shape index (κ2) is 7.92. The summed E-state index contributed by atoms with van der Waals surface area (Å²) in [6, 6.07) is 0.529. The number of halogens is 1. The monoisotopic (exact) mass is 370 g/mol. The molecule has 1 N–H and O–H groups in total. The molecule has 4 nitrogen and oxygen atoms in total. The van der Waals surface area contributed by atoms with E-state index in [0.29, 0.717) is 17.1 Å². The van der Waals surface area contributed by atoms with Crippen molar-refractivity contribution in [3.63, 3.8) is 0 Å².